The largest absolute Gasteiger partial charge is 0.469 e. The van der Waals surface area contributed by atoms with Crippen LogP contribution in [-0.4, -0.2) is 23.4 Å². The zero-order valence-electron chi connectivity index (χ0n) is 18.6. The van der Waals surface area contributed by atoms with Gasteiger partial charge in [0, 0.05) is 23.1 Å². The summed E-state index contributed by atoms with van der Waals surface area (Å²) in [6, 6.07) is 8.71. The molecule has 1 aliphatic rings. The van der Waals surface area contributed by atoms with Crippen LogP contribution < -0.4 is 16.3 Å². The number of nitrogens with zero attached hydrogens (tertiary/aromatic N) is 1. The number of hydrazine groups is 1. The first-order valence-corrected chi connectivity index (χ1v) is 10.6. The molecule has 4 rings (SSSR count). The van der Waals surface area contributed by atoms with Crippen LogP contribution in [0.15, 0.2) is 50.5 Å². The van der Waals surface area contributed by atoms with Crippen LogP contribution in [-0.2, 0) is 6.42 Å². The van der Waals surface area contributed by atoms with Gasteiger partial charge >= 0.3 is 5.91 Å². The summed E-state index contributed by atoms with van der Waals surface area (Å²) in [5.41, 5.74) is 11.2. The Balaban J connectivity index is 1.48. The quantitative estimate of drug-likeness (QED) is 0.528. The van der Waals surface area contributed by atoms with E-state index in [-0.39, 0.29) is 11.7 Å². The van der Waals surface area contributed by atoms with Crippen LogP contribution in [0.2, 0.25) is 0 Å². The van der Waals surface area contributed by atoms with Crippen LogP contribution in [0.25, 0.3) is 0 Å². The Labute approximate surface area is 190 Å². The summed E-state index contributed by atoms with van der Waals surface area (Å²) in [5, 5.41) is 4.32. The van der Waals surface area contributed by atoms with Crippen LogP contribution in [0.5, 0.6) is 0 Å². The number of hydrogen-bond donors (Lipinski definition) is 3. The molecule has 0 aliphatic heterocycles. The van der Waals surface area contributed by atoms with Gasteiger partial charge in [-0.2, -0.15) is 5.10 Å². The molecular weight excluding hydrogens is 424 g/mol. The molecule has 33 heavy (non-hydrogen) atoms. The van der Waals surface area contributed by atoms with Crippen molar-refractivity contribution in [2.75, 3.05) is 0 Å². The van der Waals surface area contributed by atoms with E-state index in [9.17, 15) is 14.4 Å². The number of aryl methyl sites for hydroxylation is 3. The number of fused-ring (bicyclic) bond motifs is 1. The number of hydrogen-bond acceptors (Lipinski definition) is 6. The number of rotatable bonds is 4. The van der Waals surface area contributed by atoms with Crippen LogP contribution in [0, 0.1) is 20.8 Å². The predicted molar refractivity (Wildman–Crippen MR) is 120 cm³/mol. The Morgan fingerprint density at radius 2 is 1.64 bits per heavy atom. The smallest absolute Gasteiger partial charge is 0.305 e. The van der Waals surface area contributed by atoms with Gasteiger partial charge < -0.3 is 8.83 Å². The lowest BCUT2D eigenvalue weighted by molar-refractivity contribution is 0.0828. The van der Waals surface area contributed by atoms with Gasteiger partial charge in [-0.1, -0.05) is 17.7 Å². The Morgan fingerprint density at radius 1 is 0.909 bits per heavy atom. The van der Waals surface area contributed by atoms with E-state index in [4.69, 9.17) is 8.83 Å². The number of hydrazone groups is 1. The first kappa shape index (κ1) is 22.1. The van der Waals surface area contributed by atoms with Crippen LogP contribution in [0.3, 0.4) is 0 Å². The minimum absolute atomic E-state index is 0.0867. The molecule has 0 spiro atoms. The van der Waals surface area contributed by atoms with E-state index in [1.807, 2.05) is 19.1 Å². The van der Waals surface area contributed by atoms with Crippen molar-refractivity contribution in [3.63, 3.8) is 0 Å². The van der Waals surface area contributed by atoms with Gasteiger partial charge in [0.2, 0.25) is 0 Å². The number of carbonyl (C=O) groups is 3. The average molecular weight is 448 g/mol. The van der Waals surface area contributed by atoms with E-state index in [0.717, 1.165) is 12.0 Å². The maximum absolute atomic E-state index is 12.7. The minimum Gasteiger partial charge on any atom is -0.469 e. The summed E-state index contributed by atoms with van der Waals surface area (Å²) >= 11 is 0. The fourth-order valence-corrected chi connectivity index (χ4v) is 3.74. The molecule has 2 heterocycles. The molecule has 170 valence electrons. The topological polar surface area (TPSA) is 126 Å². The van der Waals surface area contributed by atoms with Gasteiger partial charge in [-0.3, -0.25) is 25.2 Å². The number of amides is 3. The fraction of sp³-hybridized carbons (Fsp3) is 0.250. The summed E-state index contributed by atoms with van der Waals surface area (Å²) < 4.78 is 10.9. The molecule has 3 amide bonds. The molecule has 0 saturated heterocycles. The van der Waals surface area contributed by atoms with Crippen molar-refractivity contribution in [1.82, 2.24) is 16.3 Å². The monoisotopic (exact) mass is 448 g/mol. The van der Waals surface area contributed by atoms with Gasteiger partial charge in [-0.05, 0) is 51.8 Å². The van der Waals surface area contributed by atoms with Crippen molar-refractivity contribution in [3.8, 4) is 0 Å². The molecule has 0 bridgehead atoms. The average Bonchev–Trinajstić information content (AvgIpc) is 3.39. The highest BCUT2D eigenvalue weighted by atomic mass is 16.4. The molecule has 0 unspecified atom stereocenters. The Bertz CT molecular complexity index is 1250. The summed E-state index contributed by atoms with van der Waals surface area (Å²) in [6.07, 6.45) is 3.46. The van der Waals surface area contributed by atoms with E-state index < -0.39 is 11.8 Å². The first-order chi connectivity index (χ1) is 15.8. The van der Waals surface area contributed by atoms with Crippen molar-refractivity contribution >= 4 is 23.4 Å². The second kappa shape index (κ2) is 9.15. The SMILES string of the molecule is Cc1ccc(C(=O)N/N=C2\CCCc3oc(C(=O)NNC(=O)c4ccoc4C)c(C)c32)cc1. The second-order valence-electron chi connectivity index (χ2n) is 7.87. The molecule has 1 aliphatic carbocycles. The van der Waals surface area contributed by atoms with Crippen molar-refractivity contribution in [2.45, 2.75) is 40.0 Å². The van der Waals surface area contributed by atoms with Gasteiger partial charge in [0.25, 0.3) is 11.8 Å². The highest BCUT2D eigenvalue weighted by molar-refractivity contribution is 6.07. The molecule has 2 aromatic heterocycles. The fourth-order valence-electron chi connectivity index (χ4n) is 3.74. The zero-order chi connectivity index (χ0) is 23.5. The number of benzene rings is 1. The highest BCUT2D eigenvalue weighted by Crippen LogP contribution is 2.29. The van der Waals surface area contributed by atoms with Crippen LogP contribution in [0.1, 0.15) is 72.3 Å². The van der Waals surface area contributed by atoms with E-state index in [0.29, 0.717) is 52.3 Å². The van der Waals surface area contributed by atoms with Crippen molar-refractivity contribution in [2.24, 2.45) is 5.10 Å². The van der Waals surface area contributed by atoms with Crippen molar-refractivity contribution in [1.29, 1.82) is 0 Å². The third kappa shape index (κ3) is 4.57. The van der Waals surface area contributed by atoms with Crippen LogP contribution >= 0.6 is 0 Å². The summed E-state index contributed by atoms with van der Waals surface area (Å²) in [4.78, 5) is 37.3. The van der Waals surface area contributed by atoms with Gasteiger partial charge in [0.1, 0.15) is 11.5 Å². The second-order valence-corrected chi connectivity index (χ2v) is 7.87. The Morgan fingerprint density at radius 3 is 2.33 bits per heavy atom. The van der Waals surface area contributed by atoms with Gasteiger partial charge in [0.15, 0.2) is 5.76 Å². The molecule has 3 N–H and O–H groups in total. The van der Waals surface area contributed by atoms with E-state index in [1.54, 1.807) is 26.0 Å². The predicted octanol–water partition coefficient (Wildman–Crippen LogP) is 3.34. The van der Waals surface area contributed by atoms with Crippen LogP contribution in [0.4, 0.5) is 0 Å². The van der Waals surface area contributed by atoms with Crippen molar-refractivity contribution in [3.05, 3.63) is 81.7 Å². The zero-order valence-corrected chi connectivity index (χ0v) is 18.6. The summed E-state index contributed by atoms with van der Waals surface area (Å²) in [7, 11) is 0. The lowest BCUT2D eigenvalue weighted by Crippen LogP contribution is -2.41. The maximum atomic E-state index is 12.7. The summed E-state index contributed by atoms with van der Waals surface area (Å²) in [5.74, 6) is -0.233. The Hall–Kier alpha value is -4.14. The molecule has 3 aromatic rings. The molecule has 0 saturated carbocycles. The maximum Gasteiger partial charge on any atom is 0.305 e. The standard InChI is InChI=1S/C24H24N4O5/c1-13-7-9-16(10-8-13)22(29)26-25-18-5-4-6-19-20(18)14(2)21(33-19)24(31)28-27-23(30)17-11-12-32-15(17)3/h7-12H,4-6H2,1-3H3,(H,26,29)(H,27,30)(H,28,31)/b25-18+. The Kier molecular flexibility index (Phi) is 6.12. The molecule has 9 heteroatoms. The molecule has 9 nitrogen and oxygen atoms in total. The van der Waals surface area contributed by atoms with E-state index >= 15 is 0 Å². The molecule has 0 radical (unpaired) electrons. The number of carbonyl (C=O) groups excluding carboxylic acids is 3. The molecule has 1 aromatic carbocycles. The molecular formula is C24H24N4O5. The van der Waals surface area contributed by atoms with Gasteiger partial charge in [-0.15, -0.1) is 0 Å². The first-order valence-electron chi connectivity index (χ1n) is 10.6. The number of nitrogens with one attached hydrogen (secondary N) is 3. The molecule has 0 fully saturated rings. The summed E-state index contributed by atoms with van der Waals surface area (Å²) in [6.45, 7) is 5.35. The van der Waals surface area contributed by atoms with Gasteiger partial charge in [0.05, 0.1) is 17.5 Å². The lowest BCUT2D eigenvalue weighted by atomic mass is 9.93. The third-order valence-electron chi connectivity index (χ3n) is 5.53. The normalized spacial score (nSPS) is 14.0. The van der Waals surface area contributed by atoms with Gasteiger partial charge in [-0.25, -0.2) is 5.43 Å². The number of furan rings is 2. The lowest BCUT2D eigenvalue weighted by Gasteiger charge is -2.13. The van der Waals surface area contributed by atoms with E-state index in [1.165, 1.54) is 12.3 Å². The highest BCUT2D eigenvalue weighted by Gasteiger charge is 2.28. The van der Waals surface area contributed by atoms with E-state index in [2.05, 4.69) is 21.4 Å². The minimum atomic E-state index is -0.584. The molecule has 0 atom stereocenters. The van der Waals surface area contributed by atoms with Crippen molar-refractivity contribution < 1.29 is 23.2 Å². The third-order valence-corrected chi connectivity index (χ3v) is 5.53.